The van der Waals surface area contributed by atoms with E-state index in [9.17, 15) is 19.5 Å². The van der Waals surface area contributed by atoms with Crippen LogP contribution in [0, 0.1) is 0 Å². The van der Waals surface area contributed by atoms with Crippen molar-refractivity contribution in [3.8, 4) is 0 Å². The third-order valence-corrected chi connectivity index (χ3v) is 7.57. The van der Waals surface area contributed by atoms with Gasteiger partial charge >= 0.3 is 5.97 Å². The van der Waals surface area contributed by atoms with Gasteiger partial charge in [0, 0.05) is 28.5 Å². The number of fused-ring (bicyclic) bond motifs is 1. The molecule has 2 atom stereocenters. The third-order valence-electron chi connectivity index (χ3n) is 5.13. The van der Waals surface area contributed by atoms with Gasteiger partial charge in [-0.15, -0.1) is 23.5 Å². The fourth-order valence-electron chi connectivity index (χ4n) is 3.54. The molecule has 3 heterocycles. The van der Waals surface area contributed by atoms with Gasteiger partial charge in [-0.05, 0) is 23.3 Å². The lowest BCUT2D eigenvalue weighted by Crippen LogP contribution is -2.70. The van der Waals surface area contributed by atoms with E-state index in [0.717, 1.165) is 16.0 Å². The second kappa shape index (κ2) is 9.15. The number of thioether (sulfide) groups is 2. The predicted octanol–water partition coefficient (Wildman–Crippen LogP) is 1.58. The van der Waals surface area contributed by atoms with E-state index in [0.29, 0.717) is 11.5 Å². The molecule has 1 fully saturated rings. The molecule has 2 aliphatic rings. The molecule has 1 saturated heterocycles. The first-order valence-electron chi connectivity index (χ1n) is 9.75. The minimum Gasteiger partial charge on any atom is -0.477 e. The van der Waals surface area contributed by atoms with Crippen molar-refractivity contribution >= 4 is 41.3 Å². The molecule has 9 heteroatoms. The second-order valence-electron chi connectivity index (χ2n) is 7.36. The number of hydrogen-bond donors (Lipinski definition) is 2. The van der Waals surface area contributed by atoms with Crippen molar-refractivity contribution in [3.05, 3.63) is 71.7 Å². The first-order valence-corrected chi connectivity index (χ1v) is 11.8. The predicted molar refractivity (Wildman–Crippen MR) is 118 cm³/mol. The van der Waals surface area contributed by atoms with E-state index in [-0.39, 0.29) is 29.3 Å². The number of nitrogens with zero attached hydrogens (tertiary/aromatic N) is 2. The first-order chi connectivity index (χ1) is 14.9. The number of aryl methyl sites for hydroxylation is 1. The topological polar surface area (TPSA) is 90.6 Å². The van der Waals surface area contributed by atoms with Crippen molar-refractivity contribution in [2.75, 3.05) is 11.5 Å². The third kappa shape index (κ3) is 4.62. The second-order valence-corrected chi connectivity index (χ2v) is 9.52. The van der Waals surface area contributed by atoms with E-state index in [2.05, 4.69) is 5.32 Å². The molecule has 31 heavy (non-hydrogen) atoms. The highest BCUT2D eigenvalue weighted by atomic mass is 32.2. The molecule has 2 aliphatic heterocycles. The zero-order valence-electron chi connectivity index (χ0n) is 16.9. The van der Waals surface area contributed by atoms with Crippen LogP contribution in [0.4, 0.5) is 0 Å². The molecule has 0 bridgehead atoms. The van der Waals surface area contributed by atoms with Gasteiger partial charge in [-0.3, -0.25) is 14.5 Å². The normalized spacial score (nSPS) is 20.2. The number of pyridine rings is 1. The Morgan fingerprint density at radius 2 is 1.94 bits per heavy atom. The van der Waals surface area contributed by atoms with Gasteiger partial charge in [0.25, 0.3) is 5.91 Å². The van der Waals surface area contributed by atoms with Gasteiger partial charge in [-0.25, -0.2) is 9.36 Å². The zero-order chi connectivity index (χ0) is 22.0. The molecule has 4 rings (SSSR count). The molecular weight excluding hydrogens is 434 g/mol. The lowest BCUT2D eigenvalue weighted by molar-refractivity contribution is -0.671. The van der Waals surface area contributed by atoms with Crippen molar-refractivity contribution in [2.24, 2.45) is 7.05 Å². The molecule has 0 spiro atoms. The van der Waals surface area contributed by atoms with Crippen LogP contribution >= 0.6 is 23.5 Å². The molecule has 160 valence electrons. The maximum Gasteiger partial charge on any atom is 0.352 e. The van der Waals surface area contributed by atoms with Crippen molar-refractivity contribution in [1.82, 2.24) is 10.2 Å². The summed E-state index contributed by atoms with van der Waals surface area (Å²) < 4.78 is 1.88. The van der Waals surface area contributed by atoms with Crippen LogP contribution in [-0.2, 0) is 27.9 Å². The molecule has 0 radical (unpaired) electrons. The molecule has 1 unspecified atom stereocenters. The Morgan fingerprint density at radius 3 is 2.61 bits per heavy atom. The summed E-state index contributed by atoms with van der Waals surface area (Å²) in [7, 11) is 1.89. The summed E-state index contributed by atoms with van der Waals surface area (Å²) in [6.45, 7) is 0. The smallest absolute Gasteiger partial charge is 0.352 e. The van der Waals surface area contributed by atoms with Crippen molar-refractivity contribution in [1.29, 1.82) is 0 Å². The van der Waals surface area contributed by atoms with Crippen LogP contribution < -0.4 is 9.88 Å². The van der Waals surface area contributed by atoms with E-state index in [1.807, 2.05) is 66.5 Å². The van der Waals surface area contributed by atoms with E-state index >= 15 is 0 Å². The number of rotatable bonds is 7. The summed E-state index contributed by atoms with van der Waals surface area (Å²) in [5.41, 5.74) is 1.62. The van der Waals surface area contributed by atoms with Gasteiger partial charge in [0.2, 0.25) is 5.91 Å². The Bertz CT molecular complexity index is 1040. The van der Waals surface area contributed by atoms with Crippen LogP contribution in [-0.4, -0.2) is 50.7 Å². The van der Waals surface area contributed by atoms with Gasteiger partial charge in [-0.1, -0.05) is 18.2 Å². The fraction of sp³-hybridized carbons (Fsp3) is 0.273. The number of carbonyl (C=O) groups excluding carboxylic acids is 2. The molecule has 7 nitrogen and oxygen atoms in total. The first kappa shape index (κ1) is 21.5. The van der Waals surface area contributed by atoms with Crippen LogP contribution in [0.3, 0.4) is 0 Å². The Hall–Kier alpha value is -2.78. The van der Waals surface area contributed by atoms with Gasteiger partial charge in [0.05, 0.1) is 6.42 Å². The summed E-state index contributed by atoms with van der Waals surface area (Å²) in [6, 6.07) is 12.7. The molecular formula is C22H22N3O4S2+. The van der Waals surface area contributed by atoms with Crippen LogP contribution in [0.1, 0.15) is 5.56 Å². The number of carboxylic acids is 1. The van der Waals surface area contributed by atoms with Crippen molar-refractivity contribution in [2.45, 2.75) is 22.7 Å². The molecule has 1 aromatic carbocycles. The zero-order valence-corrected chi connectivity index (χ0v) is 18.5. The number of β-lactam (4-membered cyclic amide) rings is 1. The quantitative estimate of drug-likeness (QED) is 0.374. The van der Waals surface area contributed by atoms with Crippen LogP contribution in [0.15, 0.2) is 71.0 Å². The van der Waals surface area contributed by atoms with Gasteiger partial charge in [0.1, 0.15) is 24.2 Å². The molecule has 2 amide bonds. The Labute approximate surface area is 188 Å². The highest BCUT2D eigenvalue weighted by molar-refractivity contribution is 8.01. The van der Waals surface area contributed by atoms with E-state index in [1.54, 1.807) is 11.8 Å². The minimum absolute atomic E-state index is 0.0539. The average molecular weight is 457 g/mol. The maximum absolute atomic E-state index is 12.8. The number of hydrogen-bond acceptors (Lipinski definition) is 5. The minimum atomic E-state index is -1.11. The summed E-state index contributed by atoms with van der Waals surface area (Å²) in [5.74, 6) is -0.720. The number of aromatic nitrogens is 1. The number of amides is 2. The summed E-state index contributed by atoms with van der Waals surface area (Å²) in [4.78, 5) is 39.5. The van der Waals surface area contributed by atoms with Crippen LogP contribution in [0.2, 0.25) is 0 Å². The molecule has 1 aromatic heterocycles. The van der Waals surface area contributed by atoms with Crippen LogP contribution in [0.25, 0.3) is 0 Å². The number of benzene rings is 1. The van der Waals surface area contributed by atoms with Gasteiger partial charge in [-0.2, -0.15) is 0 Å². The van der Waals surface area contributed by atoms with Gasteiger partial charge in [0.15, 0.2) is 12.4 Å². The lowest BCUT2D eigenvalue weighted by Gasteiger charge is -2.49. The Morgan fingerprint density at radius 1 is 1.23 bits per heavy atom. The Balaban J connectivity index is 1.42. The van der Waals surface area contributed by atoms with E-state index < -0.39 is 12.0 Å². The summed E-state index contributed by atoms with van der Waals surface area (Å²) in [5, 5.41) is 12.2. The standard InChI is InChI=1S/C22H21N3O4S2/c1-24-9-7-14(8-10-24)11-17(26)23-18-20(27)25-19(22(28)29)15(13-31-21(18)25)12-30-16-5-3-2-4-6-16/h2-10,18,21H,11-13H2,1H3,(H-,23,26,28,29)/p+1/t18-,21?/m1/s1. The molecule has 0 aliphatic carbocycles. The van der Waals surface area contributed by atoms with E-state index in [4.69, 9.17) is 0 Å². The highest BCUT2D eigenvalue weighted by Crippen LogP contribution is 2.41. The molecule has 0 saturated carbocycles. The lowest BCUT2D eigenvalue weighted by atomic mass is 10.0. The molecule has 2 aromatic rings. The van der Waals surface area contributed by atoms with Crippen molar-refractivity contribution in [3.63, 3.8) is 0 Å². The number of carboxylic acid groups (broad SMARTS) is 1. The van der Waals surface area contributed by atoms with Gasteiger partial charge < -0.3 is 10.4 Å². The Kier molecular flexibility index (Phi) is 6.33. The number of aliphatic carboxylic acids is 1. The SMILES string of the molecule is C[n+]1ccc(CC(=O)N[C@@H]2C(=O)N3C(C(=O)O)=C(CSc4ccccc4)CSC23)cc1. The van der Waals surface area contributed by atoms with Crippen molar-refractivity contribution < 1.29 is 24.1 Å². The largest absolute Gasteiger partial charge is 0.477 e. The average Bonchev–Trinajstić information content (AvgIpc) is 2.77. The monoisotopic (exact) mass is 456 g/mol. The maximum atomic E-state index is 12.8. The summed E-state index contributed by atoms with van der Waals surface area (Å²) in [6.07, 6.45) is 3.88. The summed E-state index contributed by atoms with van der Waals surface area (Å²) >= 11 is 3.04. The van der Waals surface area contributed by atoms with Crippen LogP contribution in [0.5, 0.6) is 0 Å². The number of nitrogens with one attached hydrogen (secondary N) is 1. The molecule has 2 N–H and O–H groups in total. The van der Waals surface area contributed by atoms with E-state index in [1.165, 1.54) is 16.7 Å². The fourth-order valence-corrected chi connectivity index (χ4v) is 5.95. The highest BCUT2D eigenvalue weighted by Gasteiger charge is 2.54. The number of carbonyl (C=O) groups is 3.